The normalized spacial score (nSPS) is 31.8. The molecule has 0 spiro atoms. The Labute approximate surface area is 147 Å². The van der Waals surface area contributed by atoms with Crippen LogP contribution in [0.2, 0.25) is 0 Å². The molecule has 2 heterocycles. The number of hydrogen-bond acceptors (Lipinski definition) is 7. The van der Waals surface area contributed by atoms with Crippen LogP contribution in [-0.4, -0.2) is 66.7 Å². The van der Waals surface area contributed by atoms with Gasteiger partial charge in [-0.2, -0.15) is 0 Å². The van der Waals surface area contributed by atoms with Crippen molar-refractivity contribution in [2.24, 2.45) is 5.92 Å². The molecule has 0 aromatic carbocycles. The van der Waals surface area contributed by atoms with Crippen molar-refractivity contribution in [3.63, 3.8) is 0 Å². The molecule has 2 aliphatic rings. The van der Waals surface area contributed by atoms with Gasteiger partial charge in [0.2, 0.25) is 5.78 Å². The number of hydrogen-bond donors (Lipinski definition) is 1. The van der Waals surface area contributed by atoms with Crippen molar-refractivity contribution in [2.45, 2.75) is 38.9 Å². The maximum Gasteiger partial charge on any atom is 0.335 e. The minimum absolute atomic E-state index is 0.162. The number of aliphatic hydroxyl groups is 1. The number of Topliss-reactive ketones (excluding diaryl/α,β-unsaturated/α-hetero) is 1. The van der Waals surface area contributed by atoms with Gasteiger partial charge >= 0.3 is 11.9 Å². The van der Waals surface area contributed by atoms with E-state index in [0.717, 1.165) is 0 Å². The summed E-state index contributed by atoms with van der Waals surface area (Å²) in [6.07, 6.45) is 1.52. The van der Waals surface area contributed by atoms with Crippen LogP contribution in [0.5, 0.6) is 0 Å². The fraction of sp³-hybridized carbons (Fsp3) is 0.611. The van der Waals surface area contributed by atoms with E-state index >= 15 is 0 Å². The molecule has 25 heavy (non-hydrogen) atoms. The van der Waals surface area contributed by atoms with E-state index < -0.39 is 30.1 Å². The molecule has 3 atom stereocenters. The number of fused-ring (bicyclic) bond motifs is 2. The molecule has 2 unspecified atom stereocenters. The van der Waals surface area contributed by atoms with E-state index in [0.29, 0.717) is 25.1 Å². The molecular formula is C18H25NO6. The summed E-state index contributed by atoms with van der Waals surface area (Å²) in [6, 6.07) is 0. The van der Waals surface area contributed by atoms with E-state index in [-0.39, 0.29) is 24.4 Å². The minimum Gasteiger partial charge on any atom is -0.459 e. The maximum absolute atomic E-state index is 12.7. The number of aliphatic hydroxyl groups excluding tert-OH is 1. The van der Waals surface area contributed by atoms with Gasteiger partial charge in [-0.3, -0.25) is 4.79 Å². The predicted octanol–water partition coefficient (Wildman–Crippen LogP) is 0.619. The average Bonchev–Trinajstić information content (AvgIpc) is 2.59. The second-order valence-corrected chi connectivity index (χ2v) is 6.59. The third-order valence-corrected chi connectivity index (χ3v) is 4.58. The summed E-state index contributed by atoms with van der Waals surface area (Å²) >= 11 is 0. The fourth-order valence-electron chi connectivity index (χ4n) is 2.82. The van der Waals surface area contributed by atoms with Gasteiger partial charge in [0.1, 0.15) is 6.61 Å². The molecule has 138 valence electrons. The Kier molecular flexibility index (Phi) is 6.50. The second kappa shape index (κ2) is 8.40. The summed E-state index contributed by atoms with van der Waals surface area (Å²) in [5.74, 6) is -2.24. The first-order valence-corrected chi connectivity index (χ1v) is 8.46. The molecule has 1 fully saturated rings. The largest absolute Gasteiger partial charge is 0.459 e. The standard InChI is InChI=1S/C18H25NO6/c1-4-12-9-11(2)15(20)18(23)24-10-13-5-7-19(3)8-6-14(16(13)21)25-17(12)22/h4-5,11,14-15,20H,6-10H2,1-3H3/b12-4-,13-5?/t11?,14-,15?/m1/s1. The van der Waals surface area contributed by atoms with E-state index in [2.05, 4.69) is 0 Å². The van der Waals surface area contributed by atoms with Crippen LogP contribution >= 0.6 is 0 Å². The lowest BCUT2D eigenvalue weighted by Gasteiger charge is -2.27. The highest BCUT2D eigenvalue weighted by molar-refractivity contribution is 6.01. The smallest absolute Gasteiger partial charge is 0.335 e. The van der Waals surface area contributed by atoms with E-state index in [4.69, 9.17) is 9.47 Å². The second-order valence-electron chi connectivity index (χ2n) is 6.59. The average molecular weight is 351 g/mol. The summed E-state index contributed by atoms with van der Waals surface area (Å²) in [5, 5.41) is 10.1. The quantitative estimate of drug-likeness (QED) is 0.505. The summed E-state index contributed by atoms with van der Waals surface area (Å²) in [5.41, 5.74) is 0.605. The monoisotopic (exact) mass is 351 g/mol. The maximum atomic E-state index is 12.7. The molecule has 0 aliphatic carbocycles. The Morgan fingerprint density at radius 1 is 1.32 bits per heavy atom. The number of carbonyl (C=O) groups excluding carboxylic acids is 3. The third kappa shape index (κ3) is 4.76. The summed E-state index contributed by atoms with van der Waals surface area (Å²) in [7, 11) is 1.89. The summed E-state index contributed by atoms with van der Waals surface area (Å²) in [4.78, 5) is 39.2. The van der Waals surface area contributed by atoms with E-state index in [9.17, 15) is 19.5 Å². The summed E-state index contributed by atoms with van der Waals surface area (Å²) in [6.45, 7) is 4.23. The molecule has 7 nitrogen and oxygen atoms in total. The number of likely N-dealkylation sites (N-methyl/N-ethyl adjacent to an activating group) is 1. The number of nitrogens with zero attached hydrogens (tertiary/aromatic N) is 1. The van der Waals surface area contributed by atoms with Crippen molar-refractivity contribution in [1.82, 2.24) is 4.90 Å². The molecule has 1 N–H and O–H groups in total. The Morgan fingerprint density at radius 3 is 2.72 bits per heavy atom. The molecule has 1 saturated heterocycles. The van der Waals surface area contributed by atoms with Gasteiger partial charge in [0.05, 0.1) is 0 Å². The van der Waals surface area contributed by atoms with Crippen LogP contribution in [-0.2, 0) is 23.9 Å². The molecule has 7 heteroatoms. The van der Waals surface area contributed by atoms with Crippen LogP contribution in [0.3, 0.4) is 0 Å². The first-order chi connectivity index (χ1) is 11.8. The van der Waals surface area contributed by atoms with Crippen molar-refractivity contribution in [3.8, 4) is 0 Å². The number of rotatable bonds is 0. The Bertz CT molecular complexity index is 609. The van der Waals surface area contributed by atoms with Crippen molar-refractivity contribution in [3.05, 3.63) is 23.3 Å². The molecular weight excluding hydrogens is 326 g/mol. The Balaban J connectivity index is 2.36. The molecule has 2 rings (SSSR count). The highest BCUT2D eigenvalue weighted by atomic mass is 16.6. The van der Waals surface area contributed by atoms with E-state index in [1.165, 1.54) is 0 Å². The van der Waals surface area contributed by atoms with E-state index in [1.807, 2.05) is 11.9 Å². The first kappa shape index (κ1) is 19.3. The van der Waals surface area contributed by atoms with Crippen LogP contribution in [0.25, 0.3) is 0 Å². The molecule has 0 aromatic rings. The van der Waals surface area contributed by atoms with Crippen LogP contribution in [0.4, 0.5) is 0 Å². The van der Waals surface area contributed by atoms with Crippen LogP contribution in [0, 0.1) is 5.92 Å². The Morgan fingerprint density at radius 2 is 2.04 bits per heavy atom. The predicted molar refractivity (Wildman–Crippen MR) is 89.6 cm³/mol. The van der Waals surface area contributed by atoms with Gasteiger partial charge in [-0.05, 0) is 26.3 Å². The van der Waals surface area contributed by atoms with Gasteiger partial charge < -0.3 is 19.5 Å². The zero-order chi connectivity index (χ0) is 18.6. The number of carbonyl (C=O) groups is 3. The molecule has 0 amide bonds. The van der Waals surface area contributed by atoms with Crippen molar-refractivity contribution in [1.29, 1.82) is 0 Å². The van der Waals surface area contributed by atoms with Crippen molar-refractivity contribution < 1.29 is 29.0 Å². The van der Waals surface area contributed by atoms with Gasteiger partial charge in [-0.25, -0.2) is 9.59 Å². The number of esters is 2. The lowest BCUT2D eigenvalue weighted by atomic mass is 9.95. The lowest BCUT2D eigenvalue weighted by Crippen LogP contribution is -2.39. The third-order valence-electron chi connectivity index (χ3n) is 4.58. The topological polar surface area (TPSA) is 93.1 Å². The van der Waals surface area contributed by atoms with Gasteiger partial charge in [0, 0.05) is 30.7 Å². The number of allylic oxidation sites excluding steroid dienone is 1. The van der Waals surface area contributed by atoms with E-state index in [1.54, 1.807) is 26.0 Å². The van der Waals surface area contributed by atoms with Gasteiger partial charge in [0.25, 0.3) is 0 Å². The van der Waals surface area contributed by atoms with Gasteiger partial charge in [-0.15, -0.1) is 0 Å². The molecule has 0 aromatic heterocycles. The number of ether oxygens (including phenoxy) is 2. The molecule has 0 saturated carbocycles. The zero-order valence-corrected chi connectivity index (χ0v) is 14.9. The van der Waals surface area contributed by atoms with Crippen LogP contribution in [0.1, 0.15) is 26.7 Å². The fourth-order valence-corrected chi connectivity index (χ4v) is 2.82. The molecule has 2 bridgehead atoms. The lowest BCUT2D eigenvalue weighted by molar-refractivity contribution is -0.158. The number of cyclic esters (lactones) is 1. The van der Waals surface area contributed by atoms with Crippen LogP contribution in [0.15, 0.2) is 23.3 Å². The zero-order valence-electron chi connectivity index (χ0n) is 14.9. The minimum atomic E-state index is -1.37. The highest BCUT2D eigenvalue weighted by Gasteiger charge is 2.33. The molecule has 0 radical (unpaired) electrons. The molecule has 2 aliphatic heterocycles. The van der Waals surface area contributed by atoms with Gasteiger partial charge in [-0.1, -0.05) is 19.1 Å². The van der Waals surface area contributed by atoms with Crippen molar-refractivity contribution in [2.75, 3.05) is 26.7 Å². The van der Waals surface area contributed by atoms with Gasteiger partial charge in [0.15, 0.2) is 12.2 Å². The van der Waals surface area contributed by atoms with Crippen molar-refractivity contribution >= 4 is 17.7 Å². The summed E-state index contributed by atoms with van der Waals surface area (Å²) < 4.78 is 10.6. The number of ketones is 1. The first-order valence-electron chi connectivity index (χ1n) is 8.46. The Hall–Kier alpha value is -1.99. The van der Waals surface area contributed by atoms with Crippen LogP contribution < -0.4 is 0 Å². The highest BCUT2D eigenvalue weighted by Crippen LogP contribution is 2.22. The SMILES string of the molecule is C/C=C1/CC(C)C(O)C(=O)OCC2=CCN(C)CC[C@@H](OC1=O)C2=O.